The lowest BCUT2D eigenvalue weighted by molar-refractivity contribution is -0.152. The van der Waals surface area contributed by atoms with E-state index in [2.05, 4.69) is 5.32 Å². The van der Waals surface area contributed by atoms with Crippen LogP contribution in [-0.4, -0.2) is 60.7 Å². The maximum Gasteiger partial charge on any atom is 0.253 e. The van der Waals surface area contributed by atoms with Gasteiger partial charge in [-0.3, -0.25) is 9.59 Å². The third-order valence-corrected chi connectivity index (χ3v) is 8.20. The number of nitrogens with zero attached hydrogens (tertiary/aromatic N) is 2. The zero-order valence-electron chi connectivity index (χ0n) is 14.4. The van der Waals surface area contributed by atoms with Crippen molar-refractivity contribution in [1.29, 1.82) is 0 Å². The van der Waals surface area contributed by atoms with E-state index in [1.54, 1.807) is 31.4 Å². The fourth-order valence-corrected chi connectivity index (χ4v) is 6.20. The summed E-state index contributed by atoms with van der Waals surface area (Å²) in [5.74, 6) is -0.491. The number of sulfonamides is 1. The highest BCUT2D eigenvalue weighted by atomic mass is 32.2. The molecular formula is C16H23N3O4S2. The molecule has 0 radical (unpaired) electrons. The number of piperazine rings is 1. The molecule has 138 valence electrons. The van der Waals surface area contributed by atoms with Gasteiger partial charge in [0.15, 0.2) is 0 Å². The van der Waals surface area contributed by atoms with Crippen molar-refractivity contribution in [2.24, 2.45) is 0 Å². The van der Waals surface area contributed by atoms with Crippen LogP contribution in [0.5, 0.6) is 0 Å². The molecule has 0 bridgehead atoms. The number of carbonyl (C=O) groups is 2. The van der Waals surface area contributed by atoms with Gasteiger partial charge in [0.1, 0.15) is 15.8 Å². The molecule has 1 aromatic rings. The van der Waals surface area contributed by atoms with E-state index in [0.717, 1.165) is 24.2 Å². The Balaban J connectivity index is 1.91. The van der Waals surface area contributed by atoms with E-state index < -0.39 is 21.6 Å². The van der Waals surface area contributed by atoms with Gasteiger partial charge in [-0.05, 0) is 38.1 Å². The van der Waals surface area contributed by atoms with Crippen molar-refractivity contribution in [3.05, 3.63) is 17.5 Å². The molecule has 1 atom stereocenters. The number of rotatable bonds is 3. The third-order valence-electron chi connectivity index (χ3n) is 4.91. The molecule has 0 spiro atoms. The molecule has 3 heterocycles. The second-order valence-electron chi connectivity index (χ2n) is 6.86. The van der Waals surface area contributed by atoms with E-state index >= 15 is 0 Å². The number of nitrogens with one attached hydrogen (secondary N) is 1. The van der Waals surface area contributed by atoms with Crippen LogP contribution < -0.4 is 5.32 Å². The monoisotopic (exact) mass is 385 g/mol. The summed E-state index contributed by atoms with van der Waals surface area (Å²) in [6, 6.07) is 2.51. The van der Waals surface area contributed by atoms with Crippen molar-refractivity contribution in [3.8, 4) is 0 Å². The Labute approximate surface area is 152 Å². The molecule has 2 fully saturated rings. The van der Waals surface area contributed by atoms with Crippen molar-refractivity contribution in [3.63, 3.8) is 0 Å². The summed E-state index contributed by atoms with van der Waals surface area (Å²) in [6.07, 6.45) is 2.02. The SMILES string of the molecule is CC1(C)C(=O)NCCN1C(=O)C1CCCCN1S(=O)(=O)c1cccs1. The van der Waals surface area contributed by atoms with Crippen molar-refractivity contribution >= 4 is 33.2 Å². The van der Waals surface area contributed by atoms with Gasteiger partial charge in [-0.1, -0.05) is 12.5 Å². The molecule has 7 nitrogen and oxygen atoms in total. The van der Waals surface area contributed by atoms with Gasteiger partial charge < -0.3 is 10.2 Å². The van der Waals surface area contributed by atoms with Crippen molar-refractivity contribution in [2.75, 3.05) is 19.6 Å². The van der Waals surface area contributed by atoms with Crippen LogP contribution in [0.15, 0.2) is 21.7 Å². The Morgan fingerprint density at radius 3 is 2.76 bits per heavy atom. The Morgan fingerprint density at radius 2 is 2.08 bits per heavy atom. The Kier molecular flexibility index (Phi) is 4.91. The van der Waals surface area contributed by atoms with Crippen molar-refractivity contribution < 1.29 is 18.0 Å². The summed E-state index contributed by atoms with van der Waals surface area (Å²) in [5.41, 5.74) is -0.981. The summed E-state index contributed by atoms with van der Waals surface area (Å²) in [4.78, 5) is 26.9. The highest BCUT2D eigenvalue weighted by Crippen LogP contribution is 2.30. The van der Waals surface area contributed by atoms with Crippen LogP contribution in [0.3, 0.4) is 0 Å². The second kappa shape index (κ2) is 6.69. The first-order valence-electron chi connectivity index (χ1n) is 8.41. The van der Waals surface area contributed by atoms with E-state index in [-0.39, 0.29) is 16.0 Å². The summed E-state index contributed by atoms with van der Waals surface area (Å²) in [5, 5.41) is 4.47. The predicted molar refractivity (Wildman–Crippen MR) is 94.7 cm³/mol. The maximum atomic E-state index is 13.2. The summed E-state index contributed by atoms with van der Waals surface area (Å²) in [7, 11) is -3.70. The largest absolute Gasteiger partial charge is 0.352 e. The minimum atomic E-state index is -3.70. The van der Waals surface area contributed by atoms with E-state index in [1.165, 1.54) is 9.21 Å². The lowest BCUT2D eigenvalue weighted by Gasteiger charge is -2.44. The van der Waals surface area contributed by atoms with Gasteiger partial charge >= 0.3 is 0 Å². The number of hydrogen-bond donors (Lipinski definition) is 1. The molecule has 3 rings (SSSR count). The van der Waals surface area contributed by atoms with Crippen LogP contribution in [0.25, 0.3) is 0 Å². The topological polar surface area (TPSA) is 86.8 Å². The van der Waals surface area contributed by atoms with E-state index in [4.69, 9.17) is 0 Å². The molecule has 1 unspecified atom stereocenters. The zero-order chi connectivity index (χ0) is 18.2. The molecule has 9 heteroatoms. The Bertz CT molecular complexity index is 758. The normalized spacial score (nSPS) is 24.8. The van der Waals surface area contributed by atoms with Crippen LogP contribution in [0, 0.1) is 0 Å². The van der Waals surface area contributed by atoms with Gasteiger partial charge in [0.25, 0.3) is 10.0 Å². The van der Waals surface area contributed by atoms with Gasteiger partial charge in [0.05, 0.1) is 0 Å². The molecule has 2 aliphatic rings. The van der Waals surface area contributed by atoms with Gasteiger partial charge in [0.2, 0.25) is 11.8 Å². The average molecular weight is 386 g/mol. The summed E-state index contributed by atoms with van der Waals surface area (Å²) < 4.78 is 27.5. The zero-order valence-corrected chi connectivity index (χ0v) is 16.0. The molecule has 0 saturated carbocycles. The number of amides is 2. The Hall–Kier alpha value is -1.45. The van der Waals surface area contributed by atoms with Crippen molar-refractivity contribution in [2.45, 2.75) is 48.9 Å². The second-order valence-corrected chi connectivity index (χ2v) is 9.93. The fourth-order valence-electron chi connectivity index (χ4n) is 3.43. The standard InChI is InChI=1S/C16H23N3O4S2/c1-16(2)15(21)17-8-10-18(16)14(20)12-6-3-4-9-19(12)25(22,23)13-7-5-11-24-13/h5,7,11-12H,3-4,6,8-10H2,1-2H3,(H,17,21). The summed E-state index contributed by atoms with van der Waals surface area (Å²) in [6.45, 7) is 4.50. The lowest BCUT2D eigenvalue weighted by Crippen LogP contribution is -2.66. The maximum absolute atomic E-state index is 13.2. The first-order valence-corrected chi connectivity index (χ1v) is 10.7. The van der Waals surface area contributed by atoms with E-state index in [9.17, 15) is 18.0 Å². The first-order chi connectivity index (χ1) is 11.8. The van der Waals surface area contributed by atoms with Gasteiger partial charge in [-0.15, -0.1) is 11.3 Å². The minimum Gasteiger partial charge on any atom is -0.352 e. The van der Waals surface area contributed by atoms with Crippen LogP contribution in [0.2, 0.25) is 0 Å². The first kappa shape index (κ1) is 18.3. The molecule has 1 aromatic heterocycles. The molecule has 2 saturated heterocycles. The number of hydrogen-bond acceptors (Lipinski definition) is 5. The van der Waals surface area contributed by atoms with Gasteiger partial charge in [0, 0.05) is 19.6 Å². The van der Waals surface area contributed by atoms with Crippen LogP contribution >= 0.6 is 11.3 Å². The smallest absolute Gasteiger partial charge is 0.253 e. The highest BCUT2D eigenvalue weighted by Gasteiger charge is 2.46. The summed E-state index contributed by atoms with van der Waals surface area (Å²) >= 11 is 1.15. The highest BCUT2D eigenvalue weighted by molar-refractivity contribution is 7.91. The number of carbonyl (C=O) groups excluding carboxylic acids is 2. The number of piperidine rings is 1. The third kappa shape index (κ3) is 3.20. The lowest BCUT2D eigenvalue weighted by atomic mass is 9.95. The van der Waals surface area contributed by atoms with Crippen molar-refractivity contribution in [1.82, 2.24) is 14.5 Å². The molecule has 2 amide bonds. The van der Waals surface area contributed by atoms with E-state index in [0.29, 0.717) is 26.1 Å². The molecule has 25 heavy (non-hydrogen) atoms. The van der Waals surface area contributed by atoms with Crippen LogP contribution in [0.4, 0.5) is 0 Å². The minimum absolute atomic E-state index is 0.212. The predicted octanol–water partition coefficient (Wildman–Crippen LogP) is 1.03. The van der Waals surface area contributed by atoms with Gasteiger partial charge in [-0.2, -0.15) is 4.31 Å². The number of thiophene rings is 1. The molecule has 0 aromatic carbocycles. The van der Waals surface area contributed by atoms with Gasteiger partial charge in [-0.25, -0.2) is 8.42 Å². The molecule has 2 aliphatic heterocycles. The molecule has 0 aliphatic carbocycles. The fraction of sp³-hybridized carbons (Fsp3) is 0.625. The Morgan fingerprint density at radius 1 is 1.32 bits per heavy atom. The average Bonchev–Trinajstić information content (AvgIpc) is 3.12. The van der Waals surface area contributed by atoms with Crippen LogP contribution in [-0.2, 0) is 19.6 Å². The van der Waals surface area contributed by atoms with E-state index in [1.807, 2.05) is 0 Å². The molecule has 1 N–H and O–H groups in total. The quantitative estimate of drug-likeness (QED) is 0.842. The van der Waals surface area contributed by atoms with Crippen LogP contribution in [0.1, 0.15) is 33.1 Å². The molecular weight excluding hydrogens is 362 g/mol.